The smallest absolute Gasteiger partial charge is 0.310 e. The highest BCUT2D eigenvalue weighted by Gasteiger charge is 2.52. The number of allylic oxidation sites excluding steroid dienone is 2. The van der Waals surface area contributed by atoms with Gasteiger partial charge in [-0.25, -0.2) is 0 Å². The summed E-state index contributed by atoms with van der Waals surface area (Å²) in [5.74, 6) is -0.762. The number of carbonyl (C=O) groups is 2. The molecule has 1 aromatic rings. The Labute approximate surface area is 117 Å². The van der Waals surface area contributed by atoms with Crippen LogP contribution in [0.1, 0.15) is 6.42 Å². The molecule has 0 aliphatic heterocycles. The number of esters is 1. The van der Waals surface area contributed by atoms with Gasteiger partial charge >= 0.3 is 5.97 Å². The molecule has 2 bridgehead atoms. The van der Waals surface area contributed by atoms with E-state index in [0.29, 0.717) is 0 Å². The number of hydrogen-bond donors (Lipinski definition) is 1. The molecular weight excluding hydrogens is 254 g/mol. The molecule has 0 heterocycles. The largest absolute Gasteiger partial charge is 0.469 e. The van der Waals surface area contributed by atoms with Crippen molar-refractivity contribution in [3.8, 4) is 0 Å². The fourth-order valence-corrected chi connectivity index (χ4v) is 3.38. The third-order valence-electron chi connectivity index (χ3n) is 4.28. The summed E-state index contributed by atoms with van der Waals surface area (Å²) < 4.78 is 4.86. The predicted molar refractivity (Wildman–Crippen MR) is 74.8 cm³/mol. The molecule has 1 N–H and O–H groups in total. The molecule has 4 nitrogen and oxygen atoms in total. The van der Waals surface area contributed by atoms with Crippen molar-refractivity contribution >= 4 is 17.6 Å². The SMILES string of the molecule is COC(=O)[C@H]1[C@H](C(=O)Nc2ccccc2)[C@H]2C=C[C@@H]1C2. The Bertz CT molecular complexity index is 552. The fraction of sp³-hybridized carbons (Fsp3) is 0.375. The van der Waals surface area contributed by atoms with E-state index >= 15 is 0 Å². The lowest BCUT2D eigenvalue weighted by atomic mass is 9.82. The van der Waals surface area contributed by atoms with Gasteiger partial charge in [-0.05, 0) is 30.4 Å². The van der Waals surface area contributed by atoms with Gasteiger partial charge in [0.2, 0.25) is 5.91 Å². The van der Waals surface area contributed by atoms with Gasteiger partial charge in [0.25, 0.3) is 0 Å². The molecule has 1 saturated carbocycles. The van der Waals surface area contributed by atoms with Crippen LogP contribution in [0.2, 0.25) is 0 Å². The van der Waals surface area contributed by atoms with Crippen molar-refractivity contribution in [3.63, 3.8) is 0 Å². The number of methoxy groups -OCH3 is 1. The van der Waals surface area contributed by atoms with Crippen LogP contribution in [-0.2, 0) is 14.3 Å². The number of rotatable bonds is 3. The van der Waals surface area contributed by atoms with Crippen LogP contribution >= 0.6 is 0 Å². The van der Waals surface area contributed by atoms with Crippen LogP contribution in [0.15, 0.2) is 42.5 Å². The zero-order chi connectivity index (χ0) is 14.1. The molecule has 0 saturated heterocycles. The topological polar surface area (TPSA) is 55.4 Å². The highest BCUT2D eigenvalue weighted by Crippen LogP contribution is 2.48. The Hall–Kier alpha value is -2.10. The van der Waals surface area contributed by atoms with Gasteiger partial charge < -0.3 is 10.1 Å². The molecule has 4 heteroatoms. The second-order valence-electron chi connectivity index (χ2n) is 5.38. The molecule has 0 radical (unpaired) electrons. The molecule has 0 unspecified atom stereocenters. The monoisotopic (exact) mass is 271 g/mol. The van der Waals surface area contributed by atoms with Crippen molar-refractivity contribution in [1.29, 1.82) is 0 Å². The minimum absolute atomic E-state index is 0.0940. The summed E-state index contributed by atoms with van der Waals surface area (Å²) in [5, 5.41) is 2.90. The van der Waals surface area contributed by atoms with Gasteiger partial charge in [0.15, 0.2) is 0 Å². The van der Waals surface area contributed by atoms with Gasteiger partial charge in [-0.1, -0.05) is 30.4 Å². The van der Waals surface area contributed by atoms with E-state index in [1.807, 2.05) is 36.4 Å². The van der Waals surface area contributed by atoms with Crippen molar-refractivity contribution in [3.05, 3.63) is 42.5 Å². The van der Waals surface area contributed by atoms with E-state index in [0.717, 1.165) is 12.1 Å². The molecule has 1 amide bonds. The number of nitrogens with one attached hydrogen (secondary N) is 1. The summed E-state index contributed by atoms with van der Waals surface area (Å²) >= 11 is 0. The number of hydrogen-bond acceptors (Lipinski definition) is 3. The van der Waals surface area contributed by atoms with Gasteiger partial charge in [-0.2, -0.15) is 0 Å². The Morgan fingerprint density at radius 3 is 2.40 bits per heavy atom. The highest BCUT2D eigenvalue weighted by molar-refractivity contribution is 5.96. The number of benzene rings is 1. The molecule has 1 fully saturated rings. The molecule has 0 spiro atoms. The number of amides is 1. The molecule has 3 rings (SSSR count). The summed E-state index contributed by atoms with van der Waals surface area (Å²) in [6.07, 6.45) is 4.96. The van der Waals surface area contributed by atoms with Crippen LogP contribution in [0.25, 0.3) is 0 Å². The average molecular weight is 271 g/mol. The van der Waals surface area contributed by atoms with Crippen LogP contribution in [-0.4, -0.2) is 19.0 Å². The maximum Gasteiger partial charge on any atom is 0.310 e. The first-order chi connectivity index (χ1) is 9.70. The van der Waals surface area contributed by atoms with E-state index in [9.17, 15) is 9.59 Å². The van der Waals surface area contributed by atoms with E-state index in [4.69, 9.17) is 4.74 Å². The first-order valence-corrected chi connectivity index (χ1v) is 6.83. The molecule has 2 aliphatic rings. The summed E-state index contributed by atoms with van der Waals surface area (Å²) in [5.41, 5.74) is 0.757. The maximum atomic E-state index is 12.5. The lowest BCUT2D eigenvalue weighted by Gasteiger charge is -2.25. The van der Waals surface area contributed by atoms with Crippen molar-refractivity contribution in [2.75, 3.05) is 12.4 Å². The number of anilines is 1. The van der Waals surface area contributed by atoms with Gasteiger partial charge in [0, 0.05) is 5.69 Å². The third-order valence-corrected chi connectivity index (χ3v) is 4.28. The second kappa shape index (κ2) is 5.12. The first-order valence-electron chi connectivity index (χ1n) is 6.83. The maximum absolute atomic E-state index is 12.5. The fourth-order valence-electron chi connectivity index (χ4n) is 3.38. The van der Waals surface area contributed by atoms with Crippen LogP contribution in [0, 0.1) is 23.7 Å². The highest BCUT2D eigenvalue weighted by atomic mass is 16.5. The lowest BCUT2D eigenvalue weighted by Crippen LogP contribution is -2.37. The Morgan fingerprint density at radius 1 is 1.10 bits per heavy atom. The van der Waals surface area contributed by atoms with E-state index in [-0.39, 0.29) is 35.5 Å². The van der Waals surface area contributed by atoms with Crippen molar-refractivity contribution in [1.82, 2.24) is 0 Å². The standard InChI is InChI=1S/C16H17NO3/c1-20-16(19)14-11-8-7-10(9-11)13(14)15(18)17-12-5-3-2-4-6-12/h2-8,10-11,13-14H,9H2,1H3,(H,17,18)/t10-,11+,13+,14+/m0/s1. The van der Waals surface area contributed by atoms with Crippen molar-refractivity contribution in [2.45, 2.75) is 6.42 Å². The first kappa shape index (κ1) is 12.9. The van der Waals surface area contributed by atoms with Crippen LogP contribution in [0.4, 0.5) is 5.69 Å². The lowest BCUT2D eigenvalue weighted by molar-refractivity contribution is -0.150. The van der Waals surface area contributed by atoms with Crippen molar-refractivity contribution in [2.24, 2.45) is 23.7 Å². The predicted octanol–water partition coefficient (Wildman–Crippen LogP) is 2.24. The van der Waals surface area contributed by atoms with Gasteiger partial charge in [0.05, 0.1) is 18.9 Å². The summed E-state index contributed by atoms with van der Waals surface area (Å²) in [7, 11) is 1.38. The quantitative estimate of drug-likeness (QED) is 0.677. The van der Waals surface area contributed by atoms with Crippen LogP contribution < -0.4 is 5.32 Å². The van der Waals surface area contributed by atoms with Crippen LogP contribution in [0.5, 0.6) is 0 Å². The molecule has 0 aromatic heterocycles. The molecule has 2 aliphatic carbocycles. The number of para-hydroxylation sites is 1. The van der Waals surface area contributed by atoms with E-state index in [1.165, 1.54) is 7.11 Å². The number of carbonyl (C=O) groups excluding carboxylic acids is 2. The number of fused-ring (bicyclic) bond motifs is 2. The Morgan fingerprint density at radius 2 is 1.75 bits per heavy atom. The Kier molecular flexibility index (Phi) is 3.30. The van der Waals surface area contributed by atoms with Crippen molar-refractivity contribution < 1.29 is 14.3 Å². The van der Waals surface area contributed by atoms with Gasteiger partial charge in [-0.15, -0.1) is 0 Å². The third kappa shape index (κ3) is 2.11. The molecule has 104 valence electrons. The van der Waals surface area contributed by atoms with Gasteiger partial charge in [0.1, 0.15) is 0 Å². The zero-order valence-corrected chi connectivity index (χ0v) is 11.3. The zero-order valence-electron chi connectivity index (χ0n) is 11.3. The second-order valence-corrected chi connectivity index (χ2v) is 5.38. The molecule has 20 heavy (non-hydrogen) atoms. The Balaban J connectivity index is 1.79. The summed E-state index contributed by atoms with van der Waals surface area (Å²) in [4.78, 5) is 24.4. The van der Waals surface area contributed by atoms with Crippen LogP contribution in [0.3, 0.4) is 0 Å². The minimum atomic E-state index is -0.348. The van der Waals surface area contributed by atoms with E-state index in [2.05, 4.69) is 11.4 Å². The summed E-state index contributed by atoms with van der Waals surface area (Å²) in [6.45, 7) is 0. The molecule has 1 aromatic carbocycles. The summed E-state index contributed by atoms with van der Waals surface area (Å²) in [6, 6.07) is 9.32. The minimum Gasteiger partial charge on any atom is -0.469 e. The van der Waals surface area contributed by atoms with E-state index in [1.54, 1.807) is 0 Å². The van der Waals surface area contributed by atoms with Gasteiger partial charge in [-0.3, -0.25) is 9.59 Å². The molecule has 4 atom stereocenters. The molecular formula is C16H17NO3. The number of ether oxygens (including phenoxy) is 1. The van der Waals surface area contributed by atoms with E-state index < -0.39 is 0 Å². The average Bonchev–Trinajstić information content (AvgIpc) is 3.08. The normalized spacial score (nSPS) is 30.2.